The van der Waals surface area contributed by atoms with Crippen molar-refractivity contribution in [2.75, 3.05) is 11.9 Å². The lowest BCUT2D eigenvalue weighted by Gasteiger charge is -2.14. The Morgan fingerprint density at radius 1 is 1.50 bits per heavy atom. The summed E-state index contributed by atoms with van der Waals surface area (Å²) >= 11 is 5.81. The van der Waals surface area contributed by atoms with Gasteiger partial charge in [0.1, 0.15) is 5.15 Å². The van der Waals surface area contributed by atoms with E-state index in [0.29, 0.717) is 5.69 Å². The maximum atomic E-state index is 12.2. The molecule has 0 aliphatic rings. The number of anilines is 1. The predicted octanol–water partition coefficient (Wildman–Crippen LogP) is 1.64. The Balaban J connectivity index is 3.00. The lowest BCUT2D eigenvalue weighted by Crippen LogP contribution is -2.38. The van der Waals surface area contributed by atoms with Crippen molar-refractivity contribution < 1.29 is 19.5 Å². The summed E-state index contributed by atoms with van der Waals surface area (Å²) in [6.07, 6.45) is 1.25. The third-order valence-corrected chi connectivity index (χ3v) is 2.57. The number of nitrogens with zero attached hydrogens (tertiary/aromatic N) is 2. The number of amidine groups is 1. The van der Waals surface area contributed by atoms with Crippen LogP contribution in [0.25, 0.3) is 0 Å². The summed E-state index contributed by atoms with van der Waals surface area (Å²) < 4.78 is 4.65. The van der Waals surface area contributed by atoms with Gasteiger partial charge in [0.15, 0.2) is 0 Å². The number of hydrogen-bond donors (Lipinski definition) is 3. The van der Waals surface area contributed by atoms with Gasteiger partial charge in [-0.1, -0.05) is 16.8 Å². The van der Waals surface area contributed by atoms with E-state index in [9.17, 15) is 9.59 Å². The van der Waals surface area contributed by atoms with Crippen LogP contribution in [0, 0.1) is 0 Å². The number of rotatable bonds is 4. The Hall–Kier alpha value is -2.35. The van der Waals surface area contributed by atoms with E-state index in [4.69, 9.17) is 16.8 Å². The molecule has 0 saturated heterocycles. The molecule has 0 bridgehead atoms. The molecule has 1 rings (SSSR count). The summed E-state index contributed by atoms with van der Waals surface area (Å²) in [5.41, 5.74) is 0.581. The number of ether oxygens (including phenoxy) is 1. The van der Waals surface area contributed by atoms with Gasteiger partial charge in [-0.2, -0.15) is 0 Å². The molecule has 0 radical (unpaired) electrons. The van der Waals surface area contributed by atoms with Crippen LogP contribution in [0.2, 0.25) is 5.15 Å². The summed E-state index contributed by atoms with van der Waals surface area (Å²) in [6, 6.07) is 1.53. The quantitative estimate of drug-likeness (QED) is 0.193. The van der Waals surface area contributed by atoms with E-state index < -0.39 is 17.7 Å². The third-order valence-electron chi connectivity index (χ3n) is 2.36. The van der Waals surface area contributed by atoms with Crippen LogP contribution in [0.3, 0.4) is 0 Å². The summed E-state index contributed by atoms with van der Waals surface area (Å²) in [7, 11) is 0. The van der Waals surface area contributed by atoms with Gasteiger partial charge in [0.25, 0.3) is 11.7 Å². The molecule has 0 aliphatic carbocycles. The molecular weight excluding hydrogens is 312 g/mol. The third kappa shape index (κ3) is 4.88. The van der Waals surface area contributed by atoms with Crippen LogP contribution in [0.1, 0.15) is 31.1 Å². The maximum Gasteiger partial charge on any atom is 0.377 e. The van der Waals surface area contributed by atoms with Crippen molar-refractivity contribution in [2.24, 2.45) is 5.16 Å². The summed E-state index contributed by atoms with van der Waals surface area (Å²) in [6.45, 7) is 5.43. The zero-order chi connectivity index (χ0) is 16.7. The Morgan fingerprint density at radius 3 is 2.73 bits per heavy atom. The number of carbonyl (C=O) groups is 2. The molecule has 1 amide bonds. The lowest BCUT2D eigenvalue weighted by atomic mass is 10.2. The van der Waals surface area contributed by atoms with Crippen LogP contribution in [-0.4, -0.2) is 40.6 Å². The standard InChI is InChI=1S/C13H17ClN4O4/c1-4-22-13(20)11(18-21)17-12(19)8-6-15-10(14)5-9(8)16-7(2)3/h5-7,21H,4H2,1-3H3,(H,15,16)(H,17,18,19). The minimum Gasteiger partial charge on any atom is -0.460 e. The number of carbonyl (C=O) groups excluding carboxylic acids is 2. The van der Waals surface area contributed by atoms with E-state index in [2.05, 4.69) is 25.5 Å². The first-order valence-electron chi connectivity index (χ1n) is 6.51. The van der Waals surface area contributed by atoms with Gasteiger partial charge in [-0.25, -0.2) is 9.78 Å². The van der Waals surface area contributed by atoms with Gasteiger partial charge in [-0.15, -0.1) is 0 Å². The van der Waals surface area contributed by atoms with E-state index in [1.54, 1.807) is 6.92 Å². The molecule has 1 heterocycles. The Bertz CT molecular complexity index is 589. The first-order chi connectivity index (χ1) is 10.4. The monoisotopic (exact) mass is 328 g/mol. The van der Waals surface area contributed by atoms with E-state index >= 15 is 0 Å². The molecule has 0 aliphatic heterocycles. The number of esters is 1. The van der Waals surface area contributed by atoms with E-state index in [-0.39, 0.29) is 23.4 Å². The number of oxime groups is 1. The van der Waals surface area contributed by atoms with Crippen molar-refractivity contribution >= 4 is 35.0 Å². The maximum absolute atomic E-state index is 12.2. The van der Waals surface area contributed by atoms with Gasteiger partial charge in [-0.3, -0.25) is 10.1 Å². The van der Waals surface area contributed by atoms with Crippen molar-refractivity contribution in [3.8, 4) is 0 Å². The van der Waals surface area contributed by atoms with Gasteiger partial charge in [0.05, 0.1) is 17.9 Å². The van der Waals surface area contributed by atoms with Crippen LogP contribution in [-0.2, 0) is 9.53 Å². The summed E-state index contributed by atoms with van der Waals surface area (Å²) in [5.74, 6) is -2.25. The fourth-order valence-corrected chi connectivity index (χ4v) is 1.69. The molecule has 0 unspecified atom stereocenters. The second-order valence-electron chi connectivity index (χ2n) is 4.47. The van der Waals surface area contributed by atoms with Crippen LogP contribution in [0.15, 0.2) is 17.4 Å². The fourth-order valence-electron chi connectivity index (χ4n) is 1.53. The summed E-state index contributed by atoms with van der Waals surface area (Å²) in [4.78, 5) is 27.5. The molecule has 120 valence electrons. The first kappa shape index (κ1) is 17.7. The summed E-state index contributed by atoms with van der Waals surface area (Å²) in [5, 5.41) is 16.9. The lowest BCUT2D eigenvalue weighted by molar-refractivity contribution is -0.135. The highest BCUT2D eigenvalue weighted by molar-refractivity contribution is 6.39. The minimum absolute atomic E-state index is 0.0426. The average Bonchev–Trinajstić information content (AvgIpc) is 2.44. The molecule has 22 heavy (non-hydrogen) atoms. The van der Waals surface area contributed by atoms with E-state index in [1.807, 2.05) is 13.8 Å². The Kier molecular flexibility index (Phi) is 6.58. The Labute approximate surface area is 132 Å². The van der Waals surface area contributed by atoms with Crippen LogP contribution in [0.5, 0.6) is 0 Å². The molecule has 9 heteroatoms. The number of halogens is 1. The largest absolute Gasteiger partial charge is 0.460 e. The molecule has 0 spiro atoms. The van der Waals surface area contributed by atoms with Crippen molar-refractivity contribution in [1.29, 1.82) is 0 Å². The van der Waals surface area contributed by atoms with E-state index in [0.717, 1.165) is 0 Å². The molecule has 0 atom stereocenters. The zero-order valence-electron chi connectivity index (χ0n) is 12.4. The molecule has 1 aromatic heterocycles. The normalized spacial score (nSPS) is 11.2. The second kappa shape index (κ2) is 8.18. The highest BCUT2D eigenvalue weighted by Gasteiger charge is 2.20. The predicted molar refractivity (Wildman–Crippen MR) is 81.3 cm³/mol. The highest BCUT2D eigenvalue weighted by Crippen LogP contribution is 2.19. The number of amides is 1. The van der Waals surface area contributed by atoms with Gasteiger partial charge in [0, 0.05) is 12.2 Å². The molecule has 0 aromatic carbocycles. The number of aromatic nitrogens is 1. The average molecular weight is 329 g/mol. The number of pyridine rings is 1. The van der Waals surface area contributed by atoms with Gasteiger partial charge in [-0.05, 0) is 26.8 Å². The van der Waals surface area contributed by atoms with Gasteiger partial charge >= 0.3 is 5.97 Å². The van der Waals surface area contributed by atoms with Crippen LogP contribution in [0.4, 0.5) is 5.69 Å². The SMILES string of the molecule is CCOC(=O)C(=NO)NC(=O)c1cnc(Cl)cc1NC(C)C. The highest BCUT2D eigenvalue weighted by atomic mass is 35.5. The smallest absolute Gasteiger partial charge is 0.377 e. The topological polar surface area (TPSA) is 113 Å². The van der Waals surface area contributed by atoms with Crippen LogP contribution >= 0.6 is 11.6 Å². The number of hydrogen-bond acceptors (Lipinski definition) is 7. The molecule has 0 fully saturated rings. The zero-order valence-corrected chi connectivity index (χ0v) is 13.1. The van der Waals surface area contributed by atoms with Crippen molar-refractivity contribution in [3.63, 3.8) is 0 Å². The molecule has 8 nitrogen and oxygen atoms in total. The van der Waals surface area contributed by atoms with Crippen molar-refractivity contribution in [3.05, 3.63) is 23.0 Å². The number of nitrogens with one attached hydrogen (secondary N) is 2. The van der Waals surface area contributed by atoms with Crippen molar-refractivity contribution in [1.82, 2.24) is 10.3 Å². The van der Waals surface area contributed by atoms with Gasteiger partial charge < -0.3 is 15.3 Å². The molecule has 3 N–H and O–H groups in total. The second-order valence-corrected chi connectivity index (χ2v) is 4.86. The molecule has 1 aromatic rings. The van der Waals surface area contributed by atoms with Crippen molar-refractivity contribution in [2.45, 2.75) is 26.8 Å². The first-order valence-corrected chi connectivity index (χ1v) is 6.89. The molecular formula is C13H17ClN4O4. The molecule has 0 saturated carbocycles. The Morgan fingerprint density at radius 2 is 2.18 bits per heavy atom. The van der Waals surface area contributed by atoms with Gasteiger partial charge in [0.2, 0.25) is 0 Å². The van der Waals surface area contributed by atoms with E-state index in [1.165, 1.54) is 12.3 Å². The minimum atomic E-state index is -0.946. The van der Waals surface area contributed by atoms with Crippen LogP contribution < -0.4 is 10.6 Å². The fraction of sp³-hybridized carbons (Fsp3) is 0.385.